The standard InChI is InChI=1S/C11H13NO2/c1-3-12(9(2)14)11-6-4-10(8-13)5-7-11/h4-8H,3H2,1-2H3. The molecule has 1 aromatic carbocycles. The van der Waals surface area contributed by atoms with Gasteiger partial charge in [0.1, 0.15) is 6.29 Å². The summed E-state index contributed by atoms with van der Waals surface area (Å²) in [5.41, 5.74) is 1.44. The van der Waals surface area contributed by atoms with Crippen LogP contribution < -0.4 is 4.90 Å². The summed E-state index contributed by atoms with van der Waals surface area (Å²) in [6.45, 7) is 4.07. The average Bonchev–Trinajstić information content (AvgIpc) is 2.19. The van der Waals surface area contributed by atoms with E-state index in [0.29, 0.717) is 12.1 Å². The van der Waals surface area contributed by atoms with Crippen LogP contribution in [0.2, 0.25) is 0 Å². The van der Waals surface area contributed by atoms with E-state index in [2.05, 4.69) is 0 Å². The summed E-state index contributed by atoms with van der Waals surface area (Å²) in [4.78, 5) is 23.2. The summed E-state index contributed by atoms with van der Waals surface area (Å²) >= 11 is 0. The molecule has 0 N–H and O–H groups in total. The lowest BCUT2D eigenvalue weighted by atomic mass is 10.2. The lowest BCUT2D eigenvalue weighted by Crippen LogP contribution is -2.27. The van der Waals surface area contributed by atoms with Crippen molar-refractivity contribution in [2.24, 2.45) is 0 Å². The molecule has 0 atom stereocenters. The van der Waals surface area contributed by atoms with E-state index in [4.69, 9.17) is 0 Å². The minimum absolute atomic E-state index is 0.00588. The minimum Gasteiger partial charge on any atom is -0.313 e. The summed E-state index contributed by atoms with van der Waals surface area (Å²) in [5, 5.41) is 0. The first-order valence-electron chi connectivity index (χ1n) is 4.52. The monoisotopic (exact) mass is 191 g/mol. The van der Waals surface area contributed by atoms with Gasteiger partial charge in [0.25, 0.3) is 0 Å². The Morgan fingerprint density at radius 2 is 1.93 bits per heavy atom. The summed E-state index contributed by atoms with van der Waals surface area (Å²) in [6, 6.07) is 6.95. The highest BCUT2D eigenvalue weighted by molar-refractivity contribution is 5.91. The van der Waals surface area contributed by atoms with Crippen molar-refractivity contribution in [1.29, 1.82) is 0 Å². The number of anilines is 1. The van der Waals surface area contributed by atoms with Crippen LogP contribution in [0.1, 0.15) is 24.2 Å². The Kier molecular flexibility index (Phi) is 3.40. The molecular weight excluding hydrogens is 178 g/mol. The molecule has 1 amide bonds. The van der Waals surface area contributed by atoms with Crippen LogP contribution in [0.3, 0.4) is 0 Å². The molecule has 0 unspecified atom stereocenters. The molecule has 74 valence electrons. The SMILES string of the molecule is CCN(C(C)=O)c1ccc(C=O)cc1. The van der Waals surface area contributed by atoms with Crippen LogP contribution in [-0.2, 0) is 4.79 Å². The van der Waals surface area contributed by atoms with Gasteiger partial charge >= 0.3 is 0 Å². The molecule has 3 nitrogen and oxygen atoms in total. The quantitative estimate of drug-likeness (QED) is 0.684. The van der Waals surface area contributed by atoms with Crippen molar-refractivity contribution >= 4 is 17.9 Å². The number of aldehydes is 1. The number of amides is 1. The molecule has 14 heavy (non-hydrogen) atoms. The molecule has 0 bridgehead atoms. The Labute approximate surface area is 83.3 Å². The van der Waals surface area contributed by atoms with Gasteiger partial charge in [0.15, 0.2) is 0 Å². The zero-order chi connectivity index (χ0) is 10.6. The Balaban J connectivity index is 2.94. The van der Waals surface area contributed by atoms with E-state index in [1.165, 1.54) is 6.92 Å². The van der Waals surface area contributed by atoms with E-state index in [1.807, 2.05) is 6.92 Å². The second-order valence-corrected chi connectivity index (χ2v) is 2.97. The Bertz CT molecular complexity index is 330. The molecule has 0 aliphatic heterocycles. The van der Waals surface area contributed by atoms with Crippen LogP contribution >= 0.6 is 0 Å². The van der Waals surface area contributed by atoms with Gasteiger partial charge in [-0.05, 0) is 31.2 Å². The highest BCUT2D eigenvalue weighted by Gasteiger charge is 2.07. The number of benzene rings is 1. The first-order valence-corrected chi connectivity index (χ1v) is 4.52. The third kappa shape index (κ3) is 2.19. The summed E-state index contributed by atoms with van der Waals surface area (Å²) in [7, 11) is 0. The number of hydrogen-bond donors (Lipinski definition) is 0. The van der Waals surface area contributed by atoms with Crippen molar-refractivity contribution in [1.82, 2.24) is 0 Å². The summed E-state index contributed by atoms with van der Waals surface area (Å²) in [5.74, 6) is 0.00588. The highest BCUT2D eigenvalue weighted by atomic mass is 16.2. The van der Waals surface area contributed by atoms with Crippen LogP contribution in [-0.4, -0.2) is 18.7 Å². The molecule has 0 aromatic heterocycles. The molecule has 0 radical (unpaired) electrons. The Morgan fingerprint density at radius 1 is 1.36 bits per heavy atom. The molecule has 0 aliphatic rings. The van der Waals surface area contributed by atoms with E-state index in [9.17, 15) is 9.59 Å². The van der Waals surface area contributed by atoms with Crippen LogP contribution in [0.5, 0.6) is 0 Å². The zero-order valence-corrected chi connectivity index (χ0v) is 8.36. The van der Waals surface area contributed by atoms with Crippen molar-refractivity contribution in [3.63, 3.8) is 0 Å². The zero-order valence-electron chi connectivity index (χ0n) is 8.36. The molecule has 1 rings (SSSR count). The molecule has 0 aliphatic carbocycles. The van der Waals surface area contributed by atoms with Crippen LogP contribution in [0, 0.1) is 0 Å². The van der Waals surface area contributed by atoms with Gasteiger partial charge in [-0.1, -0.05) is 0 Å². The molecule has 3 heteroatoms. The maximum atomic E-state index is 11.2. The molecule has 0 fully saturated rings. The molecule has 0 heterocycles. The van der Waals surface area contributed by atoms with E-state index in [0.717, 1.165) is 12.0 Å². The van der Waals surface area contributed by atoms with Crippen molar-refractivity contribution in [2.45, 2.75) is 13.8 Å². The van der Waals surface area contributed by atoms with Gasteiger partial charge < -0.3 is 4.90 Å². The number of carbonyl (C=O) groups is 2. The number of nitrogens with zero attached hydrogens (tertiary/aromatic N) is 1. The van der Waals surface area contributed by atoms with Gasteiger partial charge in [0.2, 0.25) is 5.91 Å². The Morgan fingerprint density at radius 3 is 2.29 bits per heavy atom. The van der Waals surface area contributed by atoms with Crippen LogP contribution in [0.4, 0.5) is 5.69 Å². The third-order valence-corrected chi connectivity index (χ3v) is 2.04. The molecule has 0 saturated heterocycles. The largest absolute Gasteiger partial charge is 0.313 e. The van der Waals surface area contributed by atoms with Crippen molar-refractivity contribution < 1.29 is 9.59 Å². The summed E-state index contributed by atoms with van der Waals surface area (Å²) < 4.78 is 0. The van der Waals surface area contributed by atoms with Crippen molar-refractivity contribution in [3.8, 4) is 0 Å². The topological polar surface area (TPSA) is 37.4 Å². The number of rotatable bonds is 3. The predicted molar refractivity (Wildman–Crippen MR) is 55.5 cm³/mol. The smallest absolute Gasteiger partial charge is 0.223 e. The van der Waals surface area contributed by atoms with Gasteiger partial charge in [-0.2, -0.15) is 0 Å². The first kappa shape index (κ1) is 10.4. The van der Waals surface area contributed by atoms with Gasteiger partial charge in [0.05, 0.1) is 0 Å². The highest BCUT2D eigenvalue weighted by Crippen LogP contribution is 2.14. The predicted octanol–water partition coefficient (Wildman–Crippen LogP) is 1.87. The Hall–Kier alpha value is -1.64. The summed E-state index contributed by atoms with van der Waals surface area (Å²) in [6.07, 6.45) is 0.786. The molecule has 1 aromatic rings. The first-order chi connectivity index (χ1) is 6.69. The minimum atomic E-state index is 0.00588. The lowest BCUT2D eigenvalue weighted by molar-refractivity contribution is -0.116. The average molecular weight is 191 g/mol. The maximum absolute atomic E-state index is 11.2. The van der Waals surface area contributed by atoms with Gasteiger partial charge in [-0.15, -0.1) is 0 Å². The number of hydrogen-bond acceptors (Lipinski definition) is 2. The fourth-order valence-corrected chi connectivity index (χ4v) is 1.32. The van der Waals surface area contributed by atoms with Crippen molar-refractivity contribution in [2.75, 3.05) is 11.4 Å². The molecular formula is C11H13NO2. The maximum Gasteiger partial charge on any atom is 0.223 e. The van der Waals surface area contributed by atoms with Crippen molar-refractivity contribution in [3.05, 3.63) is 29.8 Å². The van der Waals surface area contributed by atoms with Gasteiger partial charge in [0, 0.05) is 24.7 Å². The van der Waals surface area contributed by atoms with E-state index in [-0.39, 0.29) is 5.91 Å². The lowest BCUT2D eigenvalue weighted by Gasteiger charge is -2.18. The normalized spacial score (nSPS) is 9.57. The fourth-order valence-electron chi connectivity index (χ4n) is 1.32. The fraction of sp³-hybridized carbons (Fsp3) is 0.273. The van der Waals surface area contributed by atoms with E-state index in [1.54, 1.807) is 29.2 Å². The molecule has 0 saturated carbocycles. The molecule has 0 spiro atoms. The third-order valence-electron chi connectivity index (χ3n) is 2.04. The van der Waals surface area contributed by atoms with E-state index >= 15 is 0 Å². The van der Waals surface area contributed by atoms with Crippen LogP contribution in [0.25, 0.3) is 0 Å². The van der Waals surface area contributed by atoms with E-state index < -0.39 is 0 Å². The van der Waals surface area contributed by atoms with Gasteiger partial charge in [-0.25, -0.2) is 0 Å². The number of carbonyl (C=O) groups excluding carboxylic acids is 2. The second-order valence-electron chi connectivity index (χ2n) is 2.97. The second kappa shape index (κ2) is 4.56. The van der Waals surface area contributed by atoms with Gasteiger partial charge in [-0.3, -0.25) is 9.59 Å². The van der Waals surface area contributed by atoms with Crippen LogP contribution in [0.15, 0.2) is 24.3 Å².